The zero-order valence-electron chi connectivity index (χ0n) is 19.6. The summed E-state index contributed by atoms with van der Waals surface area (Å²) in [5, 5.41) is 5.88. The van der Waals surface area contributed by atoms with Crippen LogP contribution in [0, 0.1) is 0 Å². The van der Waals surface area contributed by atoms with Crippen LogP contribution in [0.1, 0.15) is 28.9 Å². The van der Waals surface area contributed by atoms with Crippen molar-refractivity contribution < 1.29 is 0 Å². The highest BCUT2D eigenvalue weighted by molar-refractivity contribution is 7.74. The highest BCUT2D eigenvalue weighted by Gasteiger charge is 2.40. The molecule has 0 radical (unpaired) electrons. The Bertz CT molecular complexity index is 1180. The highest BCUT2D eigenvalue weighted by Crippen LogP contribution is 2.66. The Hall–Kier alpha value is -3.04. The SMILES string of the molecule is c1ccc(P(c2ccccc2)[C@@H]2C[C@H](P(c3ccccc3)c3ccccc3)c3ccccc32)cc1. The zero-order valence-corrected chi connectivity index (χ0v) is 21.4. The maximum absolute atomic E-state index is 2.41. The average molecular weight is 487 g/mol. The first-order valence-electron chi connectivity index (χ1n) is 12.3. The molecule has 5 aromatic carbocycles. The first-order chi connectivity index (χ1) is 17.4. The van der Waals surface area contributed by atoms with Gasteiger partial charge in [-0.05, 0) is 54.6 Å². The summed E-state index contributed by atoms with van der Waals surface area (Å²) in [5.41, 5.74) is 4.12. The van der Waals surface area contributed by atoms with E-state index >= 15 is 0 Å². The Kier molecular flexibility index (Phi) is 6.60. The van der Waals surface area contributed by atoms with Crippen LogP contribution in [-0.2, 0) is 0 Å². The quantitative estimate of drug-likeness (QED) is 0.219. The number of rotatable bonds is 6. The number of fused-ring (bicyclic) bond motifs is 1. The van der Waals surface area contributed by atoms with Crippen molar-refractivity contribution in [3.8, 4) is 0 Å². The molecule has 0 saturated heterocycles. The van der Waals surface area contributed by atoms with Gasteiger partial charge >= 0.3 is 0 Å². The van der Waals surface area contributed by atoms with Crippen molar-refractivity contribution in [2.24, 2.45) is 0 Å². The van der Waals surface area contributed by atoms with E-state index in [9.17, 15) is 0 Å². The van der Waals surface area contributed by atoms with Crippen LogP contribution >= 0.6 is 15.8 Å². The van der Waals surface area contributed by atoms with E-state index in [1.165, 1.54) is 27.6 Å². The fourth-order valence-electron chi connectivity index (χ4n) is 5.44. The predicted molar refractivity (Wildman–Crippen MR) is 155 cm³/mol. The summed E-state index contributed by atoms with van der Waals surface area (Å²) >= 11 is 0. The van der Waals surface area contributed by atoms with E-state index in [1.807, 2.05) is 0 Å². The maximum Gasteiger partial charge on any atom is 0.0134 e. The van der Waals surface area contributed by atoms with Gasteiger partial charge in [0.05, 0.1) is 0 Å². The van der Waals surface area contributed by atoms with Crippen LogP contribution in [0.15, 0.2) is 146 Å². The monoisotopic (exact) mass is 486 g/mol. The van der Waals surface area contributed by atoms with Crippen molar-refractivity contribution in [3.63, 3.8) is 0 Å². The third-order valence-corrected chi connectivity index (χ3v) is 12.6. The van der Waals surface area contributed by atoms with Crippen LogP contribution in [0.25, 0.3) is 0 Å². The van der Waals surface area contributed by atoms with E-state index in [2.05, 4.69) is 146 Å². The normalized spacial score (nSPS) is 17.0. The molecule has 1 aliphatic carbocycles. The summed E-state index contributed by atoms with van der Waals surface area (Å²) in [7, 11) is -1.03. The van der Waals surface area contributed by atoms with Crippen molar-refractivity contribution in [2.45, 2.75) is 17.7 Å². The van der Waals surface area contributed by atoms with Gasteiger partial charge in [-0.15, -0.1) is 0 Å². The van der Waals surface area contributed by atoms with Crippen molar-refractivity contribution in [1.29, 1.82) is 0 Å². The molecule has 0 bridgehead atoms. The lowest BCUT2D eigenvalue weighted by molar-refractivity contribution is 0.861. The summed E-state index contributed by atoms with van der Waals surface area (Å²) in [5.74, 6) is 0. The molecule has 0 saturated carbocycles. The van der Waals surface area contributed by atoms with Crippen LogP contribution in [0.4, 0.5) is 0 Å². The largest absolute Gasteiger partial charge is 0.0622 e. The molecule has 0 heterocycles. The second-order valence-electron chi connectivity index (χ2n) is 8.98. The Balaban J connectivity index is 1.50. The molecule has 0 aliphatic heterocycles. The van der Waals surface area contributed by atoms with Gasteiger partial charge in [0.15, 0.2) is 0 Å². The summed E-state index contributed by atoms with van der Waals surface area (Å²) in [6, 6.07) is 54.2. The topological polar surface area (TPSA) is 0 Å². The number of hydrogen-bond acceptors (Lipinski definition) is 0. The second-order valence-corrected chi connectivity index (χ2v) is 13.8. The standard InChI is InChI=1S/C33H28P2/c1-5-15-26(16-6-1)34(27-17-7-2-8-18-27)32-25-33(31-24-14-13-23-30(31)32)35(28-19-9-3-10-20-28)29-21-11-4-12-22-29/h1-24,32-33H,25H2/t32-,33+. The summed E-state index contributed by atoms with van der Waals surface area (Å²) in [6.45, 7) is 0. The summed E-state index contributed by atoms with van der Waals surface area (Å²) in [4.78, 5) is 0. The van der Waals surface area contributed by atoms with Crippen molar-refractivity contribution in [2.75, 3.05) is 0 Å². The minimum Gasteiger partial charge on any atom is -0.0622 e. The molecular formula is C33H28P2. The zero-order chi connectivity index (χ0) is 23.5. The third-order valence-electron chi connectivity index (χ3n) is 6.92. The smallest absolute Gasteiger partial charge is 0.0134 e. The molecule has 5 aromatic rings. The lowest BCUT2D eigenvalue weighted by Crippen LogP contribution is -2.17. The fraction of sp³-hybridized carbons (Fsp3) is 0.0909. The van der Waals surface area contributed by atoms with Gasteiger partial charge < -0.3 is 0 Å². The minimum atomic E-state index is -0.517. The van der Waals surface area contributed by atoms with E-state index in [0.717, 1.165) is 0 Å². The van der Waals surface area contributed by atoms with Gasteiger partial charge in [-0.2, -0.15) is 0 Å². The Morgan fingerprint density at radius 2 is 0.600 bits per heavy atom. The van der Waals surface area contributed by atoms with Gasteiger partial charge in [-0.25, -0.2) is 0 Å². The minimum absolute atomic E-state index is 0.508. The van der Waals surface area contributed by atoms with Gasteiger partial charge in [0.1, 0.15) is 0 Å². The molecular weight excluding hydrogens is 458 g/mol. The molecule has 0 unspecified atom stereocenters. The van der Waals surface area contributed by atoms with E-state index in [0.29, 0.717) is 11.3 Å². The van der Waals surface area contributed by atoms with E-state index in [1.54, 1.807) is 11.1 Å². The molecule has 0 spiro atoms. The summed E-state index contributed by atoms with van der Waals surface area (Å²) < 4.78 is 0. The molecule has 1 aliphatic rings. The lowest BCUT2D eigenvalue weighted by Gasteiger charge is -2.29. The molecule has 35 heavy (non-hydrogen) atoms. The van der Waals surface area contributed by atoms with E-state index < -0.39 is 15.8 Å². The number of hydrogen-bond donors (Lipinski definition) is 0. The molecule has 0 N–H and O–H groups in total. The van der Waals surface area contributed by atoms with E-state index in [4.69, 9.17) is 0 Å². The number of benzene rings is 5. The molecule has 0 amide bonds. The molecule has 0 aromatic heterocycles. The van der Waals surface area contributed by atoms with Gasteiger partial charge in [0, 0.05) is 11.3 Å². The van der Waals surface area contributed by atoms with Crippen LogP contribution < -0.4 is 21.2 Å². The molecule has 6 rings (SSSR count). The van der Waals surface area contributed by atoms with Crippen molar-refractivity contribution in [1.82, 2.24) is 0 Å². The molecule has 0 nitrogen and oxygen atoms in total. The molecule has 2 atom stereocenters. The first-order valence-corrected chi connectivity index (χ1v) is 15.1. The molecule has 0 fully saturated rings. The Morgan fingerprint density at radius 1 is 0.343 bits per heavy atom. The van der Waals surface area contributed by atoms with Crippen LogP contribution in [0.2, 0.25) is 0 Å². The molecule has 2 heteroatoms. The second kappa shape index (κ2) is 10.3. The van der Waals surface area contributed by atoms with Crippen LogP contribution in [-0.4, -0.2) is 0 Å². The Labute approximate surface area is 211 Å². The van der Waals surface area contributed by atoms with Crippen LogP contribution in [0.3, 0.4) is 0 Å². The maximum atomic E-state index is 2.41. The predicted octanol–water partition coefficient (Wildman–Crippen LogP) is 7.44. The average Bonchev–Trinajstić information content (AvgIpc) is 3.30. The van der Waals surface area contributed by atoms with Gasteiger partial charge in [0.2, 0.25) is 0 Å². The lowest BCUT2D eigenvalue weighted by atomic mass is 10.1. The highest BCUT2D eigenvalue weighted by atomic mass is 31.1. The van der Waals surface area contributed by atoms with E-state index in [-0.39, 0.29) is 0 Å². The third kappa shape index (κ3) is 4.50. The van der Waals surface area contributed by atoms with Gasteiger partial charge in [-0.1, -0.05) is 146 Å². The Morgan fingerprint density at radius 3 is 0.886 bits per heavy atom. The summed E-state index contributed by atoms with van der Waals surface area (Å²) in [6.07, 6.45) is 1.18. The van der Waals surface area contributed by atoms with Gasteiger partial charge in [-0.3, -0.25) is 0 Å². The first kappa shape index (κ1) is 22.4. The molecule has 170 valence electrons. The van der Waals surface area contributed by atoms with Gasteiger partial charge in [0.25, 0.3) is 0 Å². The van der Waals surface area contributed by atoms with Crippen LogP contribution in [0.5, 0.6) is 0 Å². The van der Waals surface area contributed by atoms with Crippen molar-refractivity contribution >= 4 is 37.1 Å². The van der Waals surface area contributed by atoms with Crippen molar-refractivity contribution in [3.05, 3.63) is 157 Å². The fourth-order valence-corrected chi connectivity index (χ4v) is 11.5.